The number of rotatable bonds is 4. The molecule has 1 atom stereocenters. The molecule has 1 unspecified atom stereocenters. The molecule has 1 nitrogen and oxygen atoms in total. The Labute approximate surface area is 105 Å². The van der Waals surface area contributed by atoms with Gasteiger partial charge in [0.1, 0.15) is 0 Å². The van der Waals surface area contributed by atoms with E-state index < -0.39 is 0 Å². The molecule has 1 aromatic carbocycles. The maximum atomic E-state index is 5.98. The van der Waals surface area contributed by atoms with Gasteiger partial charge >= 0.3 is 0 Å². The fourth-order valence-electron chi connectivity index (χ4n) is 1.50. The quantitative estimate of drug-likeness (QED) is 0.813. The minimum absolute atomic E-state index is 0.260. The Balaban J connectivity index is 3.00. The van der Waals surface area contributed by atoms with Crippen LogP contribution in [0.5, 0.6) is 0 Å². The molecular formula is C12H15BrClN. The second kappa shape index (κ2) is 5.69. The summed E-state index contributed by atoms with van der Waals surface area (Å²) >= 11 is 9.52. The molecule has 0 aliphatic rings. The maximum absolute atomic E-state index is 5.98. The molecule has 0 saturated carbocycles. The molecule has 1 aromatic rings. The van der Waals surface area contributed by atoms with Crippen molar-refractivity contribution in [3.05, 3.63) is 45.4 Å². The van der Waals surface area contributed by atoms with Crippen LogP contribution in [0.1, 0.15) is 24.9 Å². The molecule has 82 valence electrons. The highest BCUT2D eigenvalue weighted by Gasteiger charge is 2.12. The molecule has 0 aliphatic heterocycles. The average molecular weight is 289 g/mol. The van der Waals surface area contributed by atoms with Crippen LogP contribution in [0.2, 0.25) is 5.02 Å². The highest BCUT2D eigenvalue weighted by Crippen LogP contribution is 2.29. The van der Waals surface area contributed by atoms with Crippen molar-refractivity contribution in [3.8, 4) is 0 Å². The van der Waals surface area contributed by atoms with Crippen LogP contribution in [-0.4, -0.2) is 7.05 Å². The van der Waals surface area contributed by atoms with Gasteiger partial charge in [-0.25, -0.2) is 0 Å². The van der Waals surface area contributed by atoms with Crippen molar-refractivity contribution in [2.24, 2.45) is 0 Å². The van der Waals surface area contributed by atoms with Gasteiger partial charge in [-0.15, -0.1) is 6.58 Å². The monoisotopic (exact) mass is 287 g/mol. The van der Waals surface area contributed by atoms with Gasteiger partial charge in [0.05, 0.1) is 0 Å². The fraction of sp³-hybridized carbons (Fsp3) is 0.333. The van der Waals surface area contributed by atoms with Gasteiger partial charge in [0.15, 0.2) is 0 Å². The van der Waals surface area contributed by atoms with Gasteiger partial charge in [-0.1, -0.05) is 33.1 Å². The van der Waals surface area contributed by atoms with Crippen LogP contribution < -0.4 is 5.32 Å². The first kappa shape index (κ1) is 12.8. The van der Waals surface area contributed by atoms with E-state index >= 15 is 0 Å². The Kier molecular flexibility index (Phi) is 4.84. The summed E-state index contributed by atoms with van der Waals surface area (Å²) in [7, 11) is 1.95. The Bertz CT molecular complexity index is 363. The molecule has 0 heterocycles. The molecule has 0 saturated heterocycles. The average Bonchev–Trinajstić information content (AvgIpc) is 2.18. The zero-order valence-electron chi connectivity index (χ0n) is 8.98. The van der Waals surface area contributed by atoms with Gasteiger partial charge in [-0.2, -0.15) is 0 Å². The van der Waals surface area contributed by atoms with Crippen molar-refractivity contribution in [2.45, 2.75) is 19.4 Å². The third-order valence-electron chi connectivity index (χ3n) is 2.23. The van der Waals surface area contributed by atoms with E-state index in [0.717, 1.165) is 21.5 Å². The van der Waals surface area contributed by atoms with Crippen LogP contribution in [0, 0.1) is 0 Å². The van der Waals surface area contributed by atoms with Crippen LogP contribution in [0.25, 0.3) is 0 Å². The van der Waals surface area contributed by atoms with Gasteiger partial charge in [0, 0.05) is 15.5 Å². The lowest BCUT2D eigenvalue weighted by Crippen LogP contribution is -2.17. The number of hydrogen-bond donors (Lipinski definition) is 1. The molecule has 3 heteroatoms. The van der Waals surface area contributed by atoms with Crippen LogP contribution in [0.3, 0.4) is 0 Å². The lowest BCUT2D eigenvalue weighted by molar-refractivity contribution is 0.587. The highest BCUT2D eigenvalue weighted by molar-refractivity contribution is 9.10. The van der Waals surface area contributed by atoms with Crippen molar-refractivity contribution >= 4 is 27.5 Å². The summed E-state index contributed by atoms with van der Waals surface area (Å²) in [4.78, 5) is 0. The van der Waals surface area contributed by atoms with Crippen molar-refractivity contribution in [2.75, 3.05) is 7.05 Å². The lowest BCUT2D eigenvalue weighted by Gasteiger charge is -2.18. The van der Waals surface area contributed by atoms with E-state index in [4.69, 9.17) is 11.6 Å². The highest BCUT2D eigenvalue weighted by atomic mass is 79.9. The Morgan fingerprint density at radius 2 is 2.27 bits per heavy atom. The minimum Gasteiger partial charge on any atom is -0.313 e. The van der Waals surface area contributed by atoms with Crippen LogP contribution in [-0.2, 0) is 0 Å². The molecule has 1 rings (SSSR count). The standard InChI is InChI=1S/C12H15BrClN/c1-8(2)6-12(15-3)10-7-9(14)4-5-11(10)13/h4-5,7,12,15H,1,6H2,2-3H3. The molecule has 1 N–H and O–H groups in total. The van der Waals surface area contributed by atoms with Crippen molar-refractivity contribution in [1.82, 2.24) is 5.32 Å². The van der Waals surface area contributed by atoms with Crippen molar-refractivity contribution < 1.29 is 0 Å². The largest absolute Gasteiger partial charge is 0.313 e. The van der Waals surface area contributed by atoms with Crippen molar-refractivity contribution in [1.29, 1.82) is 0 Å². The number of benzene rings is 1. The van der Waals surface area contributed by atoms with Gasteiger partial charge in [0.2, 0.25) is 0 Å². The molecule has 0 amide bonds. The summed E-state index contributed by atoms with van der Waals surface area (Å²) in [6.07, 6.45) is 0.912. The maximum Gasteiger partial charge on any atom is 0.0410 e. The summed E-state index contributed by atoms with van der Waals surface area (Å²) in [5.41, 5.74) is 2.33. The summed E-state index contributed by atoms with van der Waals surface area (Å²) in [5, 5.41) is 4.03. The normalized spacial score (nSPS) is 12.5. The second-order valence-electron chi connectivity index (χ2n) is 3.67. The van der Waals surface area contributed by atoms with Crippen LogP contribution in [0.15, 0.2) is 34.8 Å². The van der Waals surface area contributed by atoms with Gasteiger partial charge in [-0.3, -0.25) is 0 Å². The van der Waals surface area contributed by atoms with E-state index in [1.807, 2.05) is 32.2 Å². The molecule has 15 heavy (non-hydrogen) atoms. The fourth-order valence-corrected chi connectivity index (χ4v) is 2.20. The van der Waals surface area contributed by atoms with E-state index in [2.05, 4.69) is 27.8 Å². The van der Waals surface area contributed by atoms with Gasteiger partial charge in [-0.05, 0) is 44.2 Å². The summed E-state index contributed by atoms with van der Waals surface area (Å²) in [6.45, 7) is 5.96. The first-order chi connectivity index (χ1) is 7.04. The van der Waals surface area contributed by atoms with E-state index in [0.29, 0.717) is 0 Å². The van der Waals surface area contributed by atoms with Crippen LogP contribution >= 0.6 is 27.5 Å². The Hall–Kier alpha value is -0.310. The van der Waals surface area contributed by atoms with Gasteiger partial charge in [0.25, 0.3) is 0 Å². The molecule has 0 aliphatic carbocycles. The molecule has 0 spiro atoms. The van der Waals surface area contributed by atoms with E-state index in [1.54, 1.807) is 0 Å². The Morgan fingerprint density at radius 3 is 2.80 bits per heavy atom. The number of hydrogen-bond acceptors (Lipinski definition) is 1. The number of nitrogens with one attached hydrogen (secondary N) is 1. The smallest absolute Gasteiger partial charge is 0.0410 e. The lowest BCUT2D eigenvalue weighted by atomic mass is 10.0. The SMILES string of the molecule is C=C(C)CC(NC)c1cc(Cl)ccc1Br. The zero-order chi connectivity index (χ0) is 11.4. The van der Waals surface area contributed by atoms with Crippen molar-refractivity contribution in [3.63, 3.8) is 0 Å². The summed E-state index contributed by atoms with van der Waals surface area (Å²) in [5.74, 6) is 0. The molecule has 0 radical (unpaired) electrons. The number of halogens is 2. The summed E-state index contributed by atoms with van der Waals surface area (Å²) in [6, 6.07) is 6.09. The molecule has 0 bridgehead atoms. The first-order valence-electron chi connectivity index (χ1n) is 4.81. The summed E-state index contributed by atoms with van der Waals surface area (Å²) < 4.78 is 1.08. The third kappa shape index (κ3) is 3.63. The Morgan fingerprint density at radius 1 is 1.60 bits per heavy atom. The second-order valence-corrected chi connectivity index (χ2v) is 4.96. The molecule has 0 aromatic heterocycles. The minimum atomic E-state index is 0.260. The predicted octanol–water partition coefficient (Wildman–Crippen LogP) is 4.33. The topological polar surface area (TPSA) is 12.0 Å². The third-order valence-corrected chi connectivity index (χ3v) is 3.19. The first-order valence-corrected chi connectivity index (χ1v) is 5.98. The predicted molar refractivity (Wildman–Crippen MR) is 70.4 cm³/mol. The van der Waals surface area contributed by atoms with E-state index in [9.17, 15) is 0 Å². The van der Waals surface area contributed by atoms with E-state index in [1.165, 1.54) is 5.56 Å². The molecule has 0 fully saturated rings. The molecular weight excluding hydrogens is 273 g/mol. The van der Waals surface area contributed by atoms with E-state index in [-0.39, 0.29) is 6.04 Å². The van der Waals surface area contributed by atoms with Gasteiger partial charge < -0.3 is 5.32 Å². The zero-order valence-corrected chi connectivity index (χ0v) is 11.3. The van der Waals surface area contributed by atoms with Crippen LogP contribution in [0.4, 0.5) is 0 Å².